The van der Waals surface area contributed by atoms with Crippen LogP contribution < -0.4 is 10.0 Å². The number of carbonyl (C=O) groups excluding carboxylic acids is 1. The van der Waals surface area contributed by atoms with Gasteiger partial charge in [0, 0.05) is 34.8 Å². The molecule has 2 N–H and O–H groups in total. The van der Waals surface area contributed by atoms with Gasteiger partial charge in [0.15, 0.2) is 0 Å². The maximum atomic E-state index is 13.1. The van der Waals surface area contributed by atoms with E-state index < -0.39 is 11.7 Å². The smallest absolute Gasteiger partial charge is 0.337 e. The standard InChI is InChI=1S/C21H29F3N3O2.C4H10/c22-21(23,24)16-10-15-12-26(9-8-19(15)27(29)13-16)20(28)14-6-7-18(11-14)25-17-4-2-1-3-5-17;1-3-4-2/h10,13-14,17-18,25,29H,1-9,11-12H2;3-4H2,1-2H3/q+1;/t14-,18+;/m0./s1. The first-order valence-electron chi connectivity index (χ1n) is 12.6. The van der Waals surface area contributed by atoms with Gasteiger partial charge >= 0.3 is 6.18 Å². The molecule has 0 saturated heterocycles. The van der Waals surface area contributed by atoms with Crippen molar-refractivity contribution in [3.05, 3.63) is 29.1 Å². The number of rotatable bonds is 4. The Kier molecular flexibility index (Phi) is 9.02. The van der Waals surface area contributed by atoms with E-state index in [1.54, 1.807) is 4.90 Å². The normalized spacial score (nSPS) is 23.6. The lowest BCUT2D eigenvalue weighted by Gasteiger charge is -2.29. The van der Waals surface area contributed by atoms with Crippen LogP contribution in [-0.2, 0) is 23.9 Å². The zero-order valence-electron chi connectivity index (χ0n) is 20.0. The Morgan fingerprint density at radius 1 is 1.12 bits per heavy atom. The lowest BCUT2D eigenvalue weighted by molar-refractivity contribution is -0.910. The van der Waals surface area contributed by atoms with Gasteiger partial charge < -0.3 is 10.2 Å². The topological polar surface area (TPSA) is 56.5 Å². The summed E-state index contributed by atoms with van der Waals surface area (Å²) in [5, 5.41) is 13.7. The second-order valence-electron chi connectivity index (χ2n) is 9.76. The summed E-state index contributed by atoms with van der Waals surface area (Å²) in [6.07, 6.45) is 8.04. The number of unbranched alkanes of at least 4 members (excludes halogenated alkanes) is 1. The first-order valence-corrected chi connectivity index (χ1v) is 12.6. The zero-order valence-corrected chi connectivity index (χ0v) is 20.0. The number of amides is 1. The average molecular weight is 471 g/mol. The third-order valence-electron chi connectivity index (χ3n) is 7.22. The summed E-state index contributed by atoms with van der Waals surface area (Å²) in [7, 11) is 0. The molecule has 0 unspecified atom stereocenters. The van der Waals surface area contributed by atoms with Crippen LogP contribution in [0.2, 0.25) is 0 Å². The molecule has 0 spiro atoms. The predicted octanol–water partition coefficient (Wildman–Crippen LogP) is 5.01. The molecule has 0 radical (unpaired) electrons. The Balaban J connectivity index is 0.000000709. The van der Waals surface area contributed by atoms with Gasteiger partial charge in [-0.25, -0.2) is 0 Å². The van der Waals surface area contributed by atoms with Crippen LogP contribution in [0.5, 0.6) is 0 Å². The van der Waals surface area contributed by atoms with Crippen molar-refractivity contribution in [2.45, 2.75) is 109 Å². The summed E-state index contributed by atoms with van der Waals surface area (Å²) < 4.78 is 39.8. The van der Waals surface area contributed by atoms with Crippen molar-refractivity contribution in [3.63, 3.8) is 0 Å². The first-order chi connectivity index (χ1) is 15.7. The second-order valence-corrected chi connectivity index (χ2v) is 9.76. The number of fused-ring (bicyclic) bond motifs is 1. The summed E-state index contributed by atoms with van der Waals surface area (Å²) in [5.41, 5.74) is -0.0761. The van der Waals surface area contributed by atoms with Crippen molar-refractivity contribution in [1.82, 2.24) is 10.2 Å². The number of carbonyl (C=O) groups is 1. The lowest BCUT2D eigenvalue weighted by Crippen LogP contribution is -2.46. The summed E-state index contributed by atoms with van der Waals surface area (Å²) in [5.74, 6) is -0.0322. The quantitative estimate of drug-likeness (QED) is 0.480. The molecule has 1 aromatic heterocycles. The average Bonchev–Trinajstić information content (AvgIpc) is 3.26. The van der Waals surface area contributed by atoms with Crippen molar-refractivity contribution in [2.24, 2.45) is 5.92 Å². The van der Waals surface area contributed by atoms with Crippen molar-refractivity contribution in [3.8, 4) is 0 Å². The van der Waals surface area contributed by atoms with Gasteiger partial charge in [0.05, 0.1) is 13.0 Å². The van der Waals surface area contributed by atoms with Crippen LogP contribution in [0.1, 0.15) is 94.9 Å². The SMILES string of the molecule is CCCC.O=C([C@H]1CC[C@@H](NC2CCCCC2)C1)N1CCc2c(cc(C(F)(F)F)c[n+]2O)C1. The van der Waals surface area contributed by atoms with Crippen molar-refractivity contribution < 1.29 is 27.9 Å². The first kappa shape index (κ1) is 25.8. The highest BCUT2D eigenvalue weighted by atomic mass is 19.4. The molecular weight excluding hydrogens is 431 g/mol. The third kappa shape index (κ3) is 6.84. The Morgan fingerprint density at radius 2 is 1.82 bits per heavy atom. The fraction of sp³-hybridized carbons (Fsp3) is 0.760. The molecule has 0 bridgehead atoms. The maximum Gasteiger partial charge on any atom is 0.422 e. The Morgan fingerprint density at radius 3 is 2.45 bits per heavy atom. The van der Waals surface area contributed by atoms with Gasteiger partial charge in [-0.3, -0.25) is 10.0 Å². The summed E-state index contributed by atoms with van der Waals surface area (Å²) in [6.45, 7) is 4.91. The molecule has 3 aliphatic rings. The molecule has 1 aromatic rings. The fourth-order valence-corrected chi connectivity index (χ4v) is 5.16. The number of pyridine rings is 1. The molecule has 2 fully saturated rings. The van der Waals surface area contributed by atoms with E-state index in [1.165, 1.54) is 44.9 Å². The fourth-order valence-electron chi connectivity index (χ4n) is 5.16. The predicted molar refractivity (Wildman–Crippen MR) is 120 cm³/mol. The van der Waals surface area contributed by atoms with E-state index in [9.17, 15) is 23.2 Å². The molecule has 8 heteroatoms. The minimum absolute atomic E-state index is 0.0329. The van der Waals surface area contributed by atoms with Gasteiger partial charge in [0.2, 0.25) is 17.8 Å². The summed E-state index contributed by atoms with van der Waals surface area (Å²) in [4.78, 5) is 14.7. The highest BCUT2D eigenvalue weighted by Crippen LogP contribution is 2.33. The number of hydrogen-bond donors (Lipinski definition) is 2. The van der Waals surface area contributed by atoms with E-state index in [4.69, 9.17) is 0 Å². The van der Waals surface area contributed by atoms with Crippen LogP contribution in [0.25, 0.3) is 0 Å². The van der Waals surface area contributed by atoms with E-state index >= 15 is 0 Å². The summed E-state index contributed by atoms with van der Waals surface area (Å²) in [6, 6.07) is 1.98. The number of nitrogens with one attached hydrogen (secondary N) is 1. The molecular formula is C25H39F3N3O2+. The second kappa shape index (κ2) is 11.5. The molecule has 5 nitrogen and oxygen atoms in total. The van der Waals surface area contributed by atoms with E-state index in [1.807, 2.05) is 0 Å². The highest BCUT2D eigenvalue weighted by molar-refractivity contribution is 5.79. The van der Waals surface area contributed by atoms with Crippen molar-refractivity contribution in [1.29, 1.82) is 0 Å². The minimum Gasteiger partial charge on any atom is -0.337 e. The molecule has 2 aliphatic carbocycles. The van der Waals surface area contributed by atoms with Crippen LogP contribution in [-0.4, -0.2) is 34.6 Å². The van der Waals surface area contributed by atoms with Gasteiger partial charge in [-0.1, -0.05) is 46.0 Å². The Hall–Kier alpha value is -1.83. The molecule has 33 heavy (non-hydrogen) atoms. The number of halogens is 3. The minimum atomic E-state index is -4.53. The van der Waals surface area contributed by atoms with E-state index in [0.717, 1.165) is 25.3 Å². The third-order valence-corrected chi connectivity index (χ3v) is 7.22. The molecule has 1 aliphatic heterocycles. The van der Waals surface area contributed by atoms with Crippen molar-refractivity contribution in [2.75, 3.05) is 6.54 Å². The number of alkyl halides is 3. The van der Waals surface area contributed by atoms with E-state index in [2.05, 4.69) is 19.2 Å². The van der Waals surface area contributed by atoms with Gasteiger partial charge in [-0.15, -0.1) is 0 Å². The number of aromatic nitrogens is 1. The van der Waals surface area contributed by atoms with Gasteiger partial charge in [0.25, 0.3) is 0 Å². The summed E-state index contributed by atoms with van der Waals surface area (Å²) >= 11 is 0. The van der Waals surface area contributed by atoms with E-state index in [0.29, 0.717) is 47.2 Å². The largest absolute Gasteiger partial charge is 0.422 e. The van der Waals surface area contributed by atoms with Gasteiger partial charge in [-0.2, -0.15) is 13.2 Å². The Labute approximate surface area is 195 Å². The van der Waals surface area contributed by atoms with Crippen LogP contribution in [0, 0.1) is 5.92 Å². The van der Waals surface area contributed by atoms with Crippen LogP contribution >= 0.6 is 0 Å². The zero-order chi connectivity index (χ0) is 24.0. The van der Waals surface area contributed by atoms with Crippen LogP contribution in [0.3, 0.4) is 0 Å². The van der Waals surface area contributed by atoms with Crippen molar-refractivity contribution >= 4 is 5.91 Å². The number of nitrogens with zero attached hydrogens (tertiary/aromatic N) is 2. The number of hydrogen-bond acceptors (Lipinski definition) is 3. The maximum absolute atomic E-state index is 13.1. The van der Waals surface area contributed by atoms with Gasteiger partial charge in [-0.05, 0) is 38.2 Å². The molecule has 2 atom stereocenters. The van der Waals surface area contributed by atoms with Crippen LogP contribution in [0.4, 0.5) is 13.2 Å². The van der Waals surface area contributed by atoms with Crippen LogP contribution in [0.15, 0.2) is 12.3 Å². The lowest BCUT2D eigenvalue weighted by atomic mass is 9.94. The monoisotopic (exact) mass is 470 g/mol. The molecule has 2 heterocycles. The van der Waals surface area contributed by atoms with E-state index in [-0.39, 0.29) is 18.4 Å². The Bertz CT molecular complexity index is 792. The molecule has 186 valence electrons. The highest BCUT2D eigenvalue weighted by Gasteiger charge is 2.39. The molecule has 2 saturated carbocycles. The van der Waals surface area contributed by atoms with Gasteiger partial charge in [0.1, 0.15) is 5.56 Å². The molecule has 4 rings (SSSR count). The molecule has 0 aromatic carbocycles. The molecule has 1 amide bonds.